The normalized spacial score (nSPS) is 20.2. The van der Waals surface area contributed by atoms with Gasteiger partial charge in [-0.1, -0.05) is 37.3 Å². The molecular formula is C16H26N2. The summed E-state index contributed by atoms with van der Waals surface area (Å²) < 4.78 is 0. The van der Waals surface area contributed by atoms with Crippen molar-refractivity contribution >= 4 is 0 Å². The molecule has 100 valence electrons. The van der Waals surface area contributed by atoms with Gasteiger partial charge in [0, 0.05) is 6.54 Å². The van der Waals surface area contributed by atoms with E-state index in [-0.39, 0.29) is 0 Å². The van der Waals surface area contributed by atoms with Crippen molar-refractivity contribution in [2.45, 2.75) is 32.7 Å². The first-order valence-corrected chi connectivity index (χ1v) is 7.35. The van der Waals surface area contributed by atoms with Crippen LogP contribution >= 0.6 is 0 Å². The Labute approximate surface area is 111 Å². The summed E-state index contributed by atoms with van der Waals surface area (Å²) in [6, 6.07) is 10.8. The Kier molecular flexibility index (Phi) is 5.69. The Morgan fingerprint density at radius 3 is 2.78 bits per heavy atom. The van der Waals surface area contributed by atoms with Gasteiger partial charge in [-0.05, 0) is 56.9 Å². The van der Waals surface area contributed by atoms with Gasteiger partial charge in [0.2, 0.25) is 0 Å². The lowest BCUT2D eigenvalue weighted by Gasteiger charge is -2.26. The van der Waals surface area contributed by atoms with Crippen LogP contribution in [-0.4, -0.2) is 31.1 Å². The van der Waals surface area contributed by atoms with Crippen molar-refractivity contribution < 1.29 is 0 Å². The largest absolute Gasteiger partial charge is 0.316 e. The molecule has 1 heterocycles. The molecule has 1 fully saturated rings. The summed E-state index contributed by atoms with van der Waals surface area (Å²) in [5, 5.41) is 3.51. The summed E-state index contributed by atoms with van der Waals surface area (Å²) in [7, 11) is 0. The van der Waals surface area contributed by atoms with Gasteiger partial charge >= 0.3 is 0 Å². The van der Waals surface area contributed by atoms with Crippen molar-refractivity contribution in [2.24, 2.45) is 5.92 Å². The summed E-state index contributed by atoms with van der Waals surface area (Å²) in [6.45, 7) is 8.19. The van der Waals surface area contributed by atoms with Crippen molar-refractivity contribution in [3.05, 3.63) is 35.9 Å². The maximum atomic E-state index is 3.51. The molecule has 1 N–H and O–H groups in total. The first kappa shape index (κ1) is 13.6. The number of nitrogens with one attached hydrogen (secondary N) is 1. The number of hydrogen-bond acceptors (Lipinski definition) is 2. The maximum Gasteiger partial charge on any atom is 0.0233 e. The zero-order valence-electron chi connectivity index (χ0n) is 11.6. The molecule has 0 spiro atoms. The fourth-order valence-corrected chi connectivity index (χ4v) is 2.73. The third-order valence-electron chi connectivity index (χ3n) is 3.95. The highest BCUT2D eigenvalue weighted by atomic mass is 15.1. The zero-order valence-corrected chi connectivity index (χ0v) is 11.6. The first-order chi connectivity index (χ1) is 8.88. The molecule has 0 aromatic heterocycles. The van der Waals surface area contributed by atoms with E-state index in [9.17, 15) is 0 Å². The molecule has 2 nitrogen and oxygen atoms in total. The van der Waals surface area contributed by atoms with Gasteiger partial charge in [-0.2, -0.15) is 0 Å². The Hall–Kier alpha value is -0.860. The van der Waals surface area contributed by atoms with Gasteiger partial charge in [-0.15, -0.1) is 0 Å². The second-order valence-electron chi connectivity index (χ2n) is 5.36. The van der Waals surface area contributed by atoms with Gasteiger partial charge in [0.1, 0.15) is 0 Å². The van der Waals surface area contributed by atoms with E-state index >= 15 is 0 Å². The molecule has 1 aliphatic heterocycles. The van der Waals surface area contributed by atoms with Crippen LogP contribution in [-0.2, 0) is 6.54 Å². The number of rotatable bonds is 6. The average Bonchev–Trinajstić information content (AvgIpc) is 2.45. The van der Waals surface area contributed by atoms with Crippen molar-refractivity contribution in [1.82, 2.24) is 10.2 Å². The second kappa shape index (κ2) is 7.55. The maximum absolute atomic E-state index is 3.51. The predicted molar refractivity (Wildman–Crippen MR) is 77.6 cm³/mol. The van der Waals surface area contributed by atoms with E-state index in [1.165, 1.54) is 44.5 Å². The van der Waals surface area contributed by atoms with Crippen LogP contribution in [0.3, 0.4) is 0 Å². The summed E-state index contributed by atoms with van der Waals surface area (Å²) in [5.74, 6) is 0.892. The summed E-state index contributed by atoms with van der Waals surface area (Å²) in [5.41, 5.74) is 1.43. The molecule has 0 radical (unpaired) electrons. The van der Waals surface area contributed by atoms with Crippen molar-refractivity contribution in [3.63, 3.8) is 0 Å². The summed E-state index contributed by atoms with van der Waals surface area (Å²) in [6.07, 6.45) is 4.11. The first-order valence-electron chi connectivity index (χ1n) is 7.35. The molecule has 0 bridgehead atoms. The van der Waals surface area contributed by atoms with Crippen LogP contribution in [0.1, 0.15) is 31.7 Å². The molecule has 1 aromatic rings. The van der Waals surface area contributed by atoms with Crippen molar-refractivity contribution in [2.75, 3.05) is 26.2 Å². The van der Waals surface area contributed by atoms with Crippen LogP contribution in [0.5, 0.6) is 0 Å². The van der Waals surface area contributed by atoms with Crippen LogP contribution in [0.25, 0.3) is 0 Å². The fourth-order valence-electron chi connectivity index (χ4n) is 2.73. The summed E-state index contributed by atoms with van der Waals surface area (Å²) in [4.78, 5) is 2.56. The molecule has 0 amide bonds. The SMILES string of the molecule is CCN(CC[C@H]1CCCNC1)Cc1ccccc1. The van der Waals surface area contributed by atoms with E-state index in [1.807, 2.05) is 0 Å². The van der Waals surface area contributed by atoms with E-state index < -0.39 is 0 Å². The van der Waals surface area contributed by atoms with Gasteiger partial charge in [-0.25, -0.2) is 0 Å². The monoisotopic (exact) mass is 246 g/mol. The molecule has 0 unspecified atom stereocenters. The zero-order chi connectivity index (χ0) is 12.6. The Bertz CT molecular complexity index is 317. The molecule has 2 heteroatoms. The Morgan fingerprint density at radius 1 is 1.28 bits per heavy atom. The molecule has 1 saturated heterocycles. The minimum Gasteiger partial charge on any atom is -0.316 e. The van der Waals surface area contributed by atoms with E-state index in [4.69, 9.17) is 0 Å². The molecule has 1 aromatic carbocycles. The fraction of sp³-hybridized carbons (Fsp3) is 0.625. The molecule has 0 saturated carbocycles. The van der Waals surface area contributed by atoms with Gasteiger partial charge in [-0.3, -0.25) is 4.90 Å². The van der Waals surface area contributed by atoms with Crippen molar-refractivity contribution in [3.8, 4) is 0 Å². The number of hydrogen-bond donors (Lipinski definition) is 1. The third kappa shape index (κ3) is 4.43. The molecule has 1 aliphatic rings. The van der Waals surface area contributed by atoms with Gasteiger partial charge in [0.25, 0.3) is 0 Å². The number of benzene rings is 1. The van der Waals surface area contributed by atoms with Crippen LogP contribution in [0.4, 0.5) is 0 Å². The number of piperidine rings is 1. The Morgan fingerprint density at radius 2 is 2.11 bits per heavy atom. The average molecular weight is 246 g/mol. The second-order valence-corrected chi connectivity index (χ2v) is 5.36. The van der Waals surface area contributed by atoms with Gasteiger partial charge < -0.3 is 5.32 Å². The van der Waals surface area contributed by atoms with E-state index in [2.05, 4.69) is 47.5 Å². The van der Waals surface area contributed by atoms with E-state index in [0.29, 0.717) is 0 Å². The van der Waals surface area contributed by atoms with E-state index in [0.717, 1.165) is 19.0 Å². The van der Waals surface area contributed by atoms with Crippen LogP contribution in [0.2, 0.25) is 0 Å². The lowest BCUT2D eigenvalue weighted by molar-refractivity contribution is 0.239. The van der Waals surface area contributed by atoms with Crippen LogP contribution in [0, 0.1) is 5.92 Å². The molecule has 2 rings (SSSR count). The van der Waals surface area contributed by atoms with Gasteiger partial charge in [0.15, 0.2) is 0 Å². The molecule has 0 aliphatic carbocycles. The van der Waals surface area contributed by atoms with Crippen molar-refractivity contribution in [1.29, 1.82) is 0 Å². The third-order valence-corrected chi connectivity index (χ3v) is 3.95. The highest BCUT2D eigenvalue weighted by molar-refractivity contribution is 5.14. The van der Waals surface area contributed by atoms with Crippen LogP contribution < -0.4 is 5.32 Å². The standard InChI is InChI=1S/C16H26N2/c1-2-18(14-16-7-4-3-5-8-16)12-10-15-9-6-11-17-13-15/h3-5,7-8,15,17H,2,6,9-14H2,1H3/t15-/m1/s1. The topological polar surface area (TPSA) is 15.3 Å². The highest BCUT2D eigenvalue weighted by Crippen LogP contribution is 2.15. The minimum atomic E-state index is 0.892. The van der Waals surface area contributed by atoms with Crippen LogP contribution in [0.15, 0.2) is 30.3 Å². The molecular weight excluding hydrogens is 220 g/mol. The highest BCUT2D eigenvalue weighted by Gasteiger charge is 2.14. The van der Waals surface area contributed by atoms with Gasteiger partial charge in [0.05, 0.1) is 0 Å². The Balaban J connectivity index is 1.75. The molecule has 18 heavy (non-hydrogen) atoms. The van der Waals surface area contributed by atoms with E-state index in [1.54, 1.807) is 0 Å². The smallest absolute Gasteiger partial charge is 0.0233 e. The lowest BCUT2D eigenvalue weighted by atomic mass is 9.96. The number of nitrogens with zero attached hydrogens (tertiary/aromatic N) is 1. The lowest BCUT2D eigenvalue weighted by Crippen LogP contribution is -2.33. The quantitative estimate of drug-likeness (QED) is 0.830. The summed E-state index contributed by atoms with van der Waals surface area (Å²) >= 11 is 0. The molecule has 1 atom stereocenters. The predicted octanol–water partition coefficient (Wildman–Crippen LogP) is 2.90. The minimum absolute atomic E-state index is 0.892.